The fourth-order valence-electron chi connectivity index (χ4n) is 2.47. The van der Waals surface area contributed by atoms with Crippen LogP contribution in [0.5, 0.6) is 5.75 Å². The SMILES string of the molecule is CC(C)(C)OC(=O)N1CCC(OCCOc2ccc(N)cc2)CC1. The van der Waals surface area contributed by atoms with Gasteiger partial charge in [0.15, 0.2) is 0 Å². The lowest BCUT2D eigenvalue weighted by atomic mass is 10.1. The van der Waals surface area contributed by atoms with Gasteiger partial charge in [0.25, 0.3) is 0 Å². The van der Waals surface area contributed by atoms with Gasteiger partial charge in [-0.15, -0.1) is 0 Å². The number of hydrogen-bond donors (Lipinski definition) is 1. The van der Waals surface area contributed by atoms with Crippen molar-refractivity contribution in [2.45, 2.75) is 45.3 Å². The van der Waals surface area contributed by atoms with Crippen LogP contribution in [0.3, 0.4) is 0 Å². The quantitative estimate of drug-likeness (QED) is 0.661. The van der Waals surface area contributed by atoms with E-state index in [0.29, 0.717) is 26.3 Å². The topological polar surface area (TPSA) is 74.0 Å². The first kappa shape index (κ1) is 18.4. The van der Waals surface area contributed by atoms with Gasteiger partial charge >= 0.3 is 6.09 Å². The molecule has 134 valence electrons. The van der Waals surface area contributed by atoms with Crippen molar-refractivity contribution >= 4 is 11.8 Å². The number of carbonyl (C=O) groups is 1. The molecule has 1 heterocycles. The standard InChI is InChI=1S/C18H28N2O4/c1-18(2,3)24-17(21)20-10-8-16(9-11-20)23-13-12-22-15-6-4-14(19)5-7-15/h4-7,16H,8-13,19H2,1-3H3. The van der Waals surface area contributed by atoms with Crippen LogP contribution in [0, 0.1) is 0 Å². The van der Waals surface area contributed by atoms with Crippen LogP contribution >= 0.6 is 0 Å². The number of nitrogen functional groups attached to an aromatic ring is 1. The molecule has 0 unspecified atom stereocenters. The second kappa shape index (κ2) is 8.24. The molecule has 1 fully saturated rings. The molecule has 0 bridgehead atoms. The minimum absolute atomic E-state index is 0.165. The lowest BCUT2D eigenvalue weighted by molar-refractivity contribution is -0.0177. The van der Waals surface area contributed by atoms with Gasteiger partial charge in [0.2, 0.25) is 0 Å². The van der Waals surface area contributed by atoms with Crippen LogP contribution in [0.2, 0.25) is 0 Å². The number of rotatable bonds is 5. The molecule has 0 saturated carbocycles. The number of hydrogen-bond acceptors (Lipinski definition) is 5. The van der Waals surface area contributed by atoms with Crippen molar-refractivity contribution in [3.8, 4) is 5.75 Å². The molecule has 24 heavy (non-hydrogen) atoms. The maximum absolute atomic E-state index is 12.0. The van der Waals surface area contributed by atoms with Crippen LogP contribution in [0.15, 0.2) is 24.3 Å². The minimum atomic E-state index is -0.454. The number of anilines is 1. The Morgan fingerprint density at radius 1 is 1.17 bits per heavy atom. The Kier molecular flexibility index (Phi) is 6.31. The highest BCUT2D eigenvalue weighted by molar-refractivity contribution is 5.68. The zero-order valence-electron chi connectivity index (χ0n) is 14.8. The van der Waals surface area contributed by atoms with Crippen LogP contribution in [0.25, 0.3) is 0 Å². The molecule has 2 N–H and O–H groups in total. The first-order chi connectivity index (χ1) is 11.3. The Bertz CT molecular complexity index is 517. The summed E-state index contributed by atoms with van der Waals surface area (Å²) in [4.78, 5) is 13.7. The summed E-state index contributed by atoms with van der Waals surface area (Å²) in [6, 6.07) is 7.30. The molecule has 1 amide bonds. The van der Waals surface area contributed by atoms with Crippen LogP contribution < -0.4 is 10.5 Å². The van der Waals surface area contributed by atoms with Crippen LogP contribution in [-0.2, 0) is 9.47 Å². The summed E-state index contributed by atoms with van der Waals surface area (Å²) >= 11 is 0. The zero-order valence-corrected chi connectivity index (χ0v) is 14.8. The average molecular weight is 336 g/mol. The number of nitrogens with zero attached hydrogens (tertiary/aromatic N) is 1. The van der Waals surface area contributed by atoms with E-state index in [1.165, 1.54) is 0 Å². The minimum Gasteiger partial charge on any atom is -0.491 e. The van der Waals surface area contributed by atoms with Crippen molar-refractivity contribution in [3.05, 3.63) is 24.3 Å². The molecular formula is C18H28N2O4. The van der Waals surface area contributed by atoms with E-state index < -0.39 is 5.60 Å². The third-order valence-corrected chi connectivity index (χ3v) is 3.68. The first-order valence-electron chi connectivity index (χ1n) is 8.41. The van der Waals surface area contributed by atoms with E-state index in [9.17, 15) is 4.79 Å². The Morgan fingerprint density at radius 2 is 1.79 bits per heavy atom. The Hall–Kier alpha value is -1.95. The highest BCUT2D eigenvalue weighted by atomic mass is 16.6. The second-order valence-electron chi connectivity index (χ2n) is 6.96. The summed E-state index contributed by atoms with van der Waals surface area (Å²) < 4.78 is 16.8. The number of benzene rings is 1. The fraction of sp³-hybridized carbons (Fsp3) is 0.611. The van der Waals surface area contributed by atoms with Crippen molar-refractivity contribution in [2.24, 2.45) is 0 Å². The van der Waals surface area contributed by atoms with E-state index in [1.807, 2.05) is 45.0 Å². The first-order valence-corrected chi connectivity index (χ1v) is 8.41. The molecule has 1 aliphatic rings. The lowest BCUT2D eigenvalue weighted by Gasteiger charge is -2.33. The highest BCUT2D eigenvalue weighted by Gasteiger charge is 2.27. The zero-order chi connectivity index (χ0) is 17.6. The van der Waals surface area contributed by atoms with E-state index in [4.69, 9.17) is 19.9 Å². The van der Waals surface area contributed by atoms with Gasteiger partial charge in [-0.3, -0.25) is 0 Å². The summed E-state index contributed by atoms with van der Waals surface area (Å²) in [7, 11) is 0. The predicted octanol–water partition coefficient (Wildman–Crippen LogP) is 3.06. The third kappa shape index (κ3) is 6.28. The van der Waals surface area contributed by atoms with Crippen molar-refractivity contribution < 1.29 is 19.0 Å². The van der Waals surface area contributed by atoms with Crippen LogP contribution in [-0.4, -0.2) is 49.0 Å². The van der Waals surface area contributed by atoms with E-state index in [2.05, 4.69) is 0 Å². The Morgan fingerprint density at radius 3 is 2.38 bits per heavy atom. The molecule has 0 atom stereocenters. The number of amides is 1. The molecule has 0 radical (unpaired) electrons. The van der Waals surface area contributed by atoms with Gasteiger partial charge in [0.05, 0.1) is 12.7 Å². The summed E-state index contributed by atoms with van der Waals surface area (Å²) in [6.07, 6.45) is 1.56. The number of carbonyl (C=O) groups excluding carboxylic acids is 1. The van der Waals surface area contributed by atoms with E-state index in [0.717, 1.165) is 24.3 Å². The molecule has 0 aromatic heterocycles. The number of nitrogens with two attached hydrogens (primary N) is 1. The van der Waals surface area contributed by atoms with Crippen LogP contribution in [0.1, 0.15) is 33.6 Å². The molecule has 0 aliphatic carbocycles. The Labute approximate surface area is 143 Å². The van der Waals surface area contributed by atoms with Crippen LogP contribution in [0.4, 0.5) is 10.5 Å². The van der Waals surface area contributed by atoms with Crippen molar-refractivity contribution in [2.75, 3.05) is 32.0 Å². The molecule has 6 nitrogen and oxygen atoms in total. The second-order valence-corrected chi connectivity index (χ2v) is 6.96. The molecule has 1 saturated heterocycles. The number of likely N-dealkylation sites (tertiary alicyclic amines) is 1. The summed E-state index contributed by atoms with van der Waals surface area (Å²) in [6.45, 7) is 7.99. The molecule has 1 aromatic carbocycles. The van der Waals surface area contributed by atoms with E-state index in [1.54, 1.807) is 4.90 Å². The predicted molar refractivity (Wildman–Crippen MR) is 93.1 cm³/mol. The van der Waals surface area contributed by atoms with Crippen molar-refractivity contribution in [1.29, 1.82) is 0 Å². The van der Waals surface area contributed by atoms with Gasteiger partial charge in [-0.1, -0.05) is 0 Å². The normalized spacial score (nSPS) is 16.0. The number of ether oxygens (including phenoxy) is 3. The monoisotopic (exact) mass is 336 g/mol. The molecule has 6 heteroatoms. The van der Waals surface area contributed by atoms with Gasteiger partial charge in [-0.05, 0) is 57.9 Å². The van der Waals surface area contributed by atoms with Gasteiger partial charge < -0.3 is 24.8 Å². The molecule has 1 aromatic rings. The van der Waals surface area contributed by atoms with E-state index in [-0.39, 0.29) is 12.2 Å². The fourth-order valence-corrected chi connectivity index (χ4v) is 2.47. The van der Waals surface area contributed by atoms with E-state index >= 15 is 0 Å². The molecule has 1 aliphatic heterocycles. The van der Waals surface area contributed by atoms with Crippen molar-refractivity contribution in [1.82, 2.24) is 4.90 Å². The molecular weight excluding hydrogens is 308 g/mol. The molecule has 0 spiro atoms. The average Bonchev–Trinajstić information content (AvgIpc) is 2.52. The van der Waals surface area contributed by atoms with Gasteiger partial charge in [0, 0.05) is 18.8 Å². The number of piperidine rings is 1. The summed E-state index contributed by atoms with van der Waals surface area (Å²) in [5, 5.41) is 0. The highest BCUT2D eigenvalue weighted by Crippen LogP contribution is 2.17. The molecule has 2 rings (SSSR count). The van der Waals surface area contributed by atoms with Gasteiger partial charge in [0.1, 0.15) is 18.0 Å². The maximum Gasteiger partial charge on any atom is 0.410 e. The third-order valence-electron chi connectivity index (χ3n) is 3.68. The summed E-state index contributed by atoms with van der Waals surface area (Å²) in [5.41, 5.74) is 5.89. The van der Waals surface area contributed by atoms with Crippen molar-refractivity contribution in [3.63, 3.8) is 0 Å². The summed E-state index contributed by atoms with van der Waals surface area (Å²) in [5.74, 6) is 0.785. The van der Waals surface area contributed by atoms with Gasteiger partial charge in [-0.25, -0.2) is 4.79 Å². The smallest absolute Gasteiger partial charge is 0.410 e. The Balaban J connectivity index is 1.61. The maximum atomic E-state index is 12.0. The largest absolute Gasteiger partial charge is 0.491 e. The lowest BCUT2D eigenvalue weighted by Crippen LogP contribution is -2.43. The van der Waals surface area contributed by atoms with Gasteiger partial charge in [-0.2, -0.15) is 0 Å².